The van der Waals surface area contributed by atoms with E-state index in [1.807, 2.05) is 5.38 Å². The SMILES string of the molecule is CC(C)(C)CCc1noc(Cc2csc(-c3cnccn3)n2)n1. The molecule has 3 aromatic heterocycles. The van der Waals surface area contributed by atoms with Gasteiger partial charge in [0, 0.05) is 24.2 Å². The van der Waals surface area contributed by atoms with Gasteiger partial charge >= 0.3 is 0 Å². The molecule has 0 spiro atoms. The van der Waals surface area contributed by atoms with Gasteiger partial charge in [0.15, 0.2) is 5.82 Å². The van der Waals surface area contributed by atoms with Crippen LogP contribution in [0.15, 0.2) is 28.5 Å². The normalized spacial score (nSPS) is 11.8. The molecular weight excluding hydrogens is 310 g/mol. The Balaban J connectivity index is 1.64. The van der Waals surface area contributed by atoms with Gasteiger partial charge < -0.3 is 4.52 Å². The van der Waals surface area contributed by atoms with Crippen LogP contribution in [0.4, 0.5) is 0 Å². The molecule has 0 aromatic carbocycles. The molecule has 0 aliphatic rings. The van der Waals surface area contributed by atoms with E-state index in [1.165, 1.54) is 11.3 Å². The maximum absolute atomic E-state index is 5.32. The Hall–Kier alpha value is -2.15. The Kier molecular flexibility index (Phi) is 4.47. The van der Waals surface area contributed by atoms with Crippen molar-refractivity contribution in [3.63, 3.8) is 0 Å². The number of aryl methyl sites for hydroxylation is 1. The molecule has 120 valence electrons. The molecule has 7 heteroatoms. The van der Waals surface area contributed by atoms with Crippen LogP contribution < -0.4 is 0 Å². The van der Waals surface area contributed by atoms with Crippen molar-refractivity contribution >= 4 is 11.3 Å². The molecule has 6 nitrogen and oxygen atoms in total. The van der Waals surface area contributed by atoms with E-state index in [2.05, 4.69) is 45.9 Å². The van der Waals surface area contributed by atoms with Crippen molar-refractivity contribution in [2.24, 2.45) is 5.41 Å². The van der Waals surface area contributed by atoms with Crippen LogP contribution in [0.1, 0.15) is 44.6 Å². The van der Waals surface area contributed by atoms with Gasteiger partial charge in [0.1, 0.15) is 10.7 Å². The molecular formula is C16H19N5OS. The standard InChI is InChI=1S/C16H19N5OS/c1-16(2,3)5-4-13-20-14(22-21-13)8-11-10-23-15(19-11)12-9-17-6-7-18-12/h6-7,9-10H,4-5,8H2,1-3H3. The minimum absolute atomic E-state index is 0.265. The molecule has 0 atom stereocenters. The maximum Gasteiger partial charge on any atom is 0.232 e. The largest absolute Gasteiger partial charge is 0.339 e. The third-order valence-electron chi connectivity index (χ3n) is 3.28. The van der Waals surface area contributed by atoms with E-state index in [-0.39, 0.29) is 5.41 Å². The van der Waals surface area contributed by atoms with Crippen LogP contribution in [0, 0.1) is 5.41 Å². The second kappa shape index (κ2) is 6.54. The van der Waals surface area contributed by atoms with Crippen molar-refractivity contribution in [1.82, 2.24) is 25.1 Å². The number of rotatable bonds is 5. The Morgan fingerprint density at radius 3 is 2.78 bits per heavy atom. The number of aromatic nitrogens is 5. The second-order valence-electron chi connectivity index (χ2n) is 6.58. The van der Waals surface area contributed by atoms with Crippen molar-refractivity contribution in [3.05, 3.63) is 41.4 Å². The van der Waals surface area contributed by atoms with Gasteiger partial charge in [0.05, 0.1) is 18.3 Å². The molecule has 0 amide bonds. The lowest BCUT2D eigenvalue weighted by Gasteiger charge is -2.15. The molecule has 3 rings (SSSR count). The monoisotopic (exact) mass is 329 g/mol. The average Bonchev–Trinajstić information content (AvgIpc) is 3.15. The fourth-order valence-electron chi connectivity index (χ4n) is 2.02. The second-order valence-corrected chi connectivity index (χ2v) is 7.43. The van der Waals surface area contributed by atoms with Crippen LogP contribution in [-0.2, 0) is 12.8 Å². The van der Waals surface area contributed by atoms with Gasteiger partial charge in [-0.25, -0.2) is 4.98 Å². The lowest BCUT2D eigenvalue weighted by molar-refractivity contribution is 0.357. The zero-order chi connectivity index (χ0) is 16.3. The molecule has 0 radical (unpaired) electrons. The molecule has 3 heterocycles. The number of nitrogens with zero attached hydrogens (tertiary/aromatic N) is 5. The summed E-state index contributed by atoms with van der Waals surface area (Å²) < 4.78 is 5.32. The first-order valence-electron chi connectivity index (χ1n) is 7.52. The van der Waals surface area contributed by atoms with Gasteiger partial charge in [0.25, 0.3) is 0 Å². The summed E-state index contributed by atoms with van der Waals surface area (Å²) in [4.78, 5) is 17.3. The predicted molar refractivity (Wildman–Crippen MR) is 88.0 cm³/mol. The molecule has 0 aliphatic heterocycles. The van der Waals surface area contributed by atoms with E-state index >= 15 is 0 Å². The summed E-state index contributed by atoms with van der Waals surface area (Å²) >= 11 is 1.54. The van der Waals surface area contributed by atoms with Gasteiger partial charge in [0.2, 0.25) is 5.89 Å². The van der Waals surface area contributed by atoms with Crippen molar-refractivity contribution in [2.45, 2.75) is 40.0 Å². The Morgan fingerprint density at radius 2 is 2.04 bits per heavy atom. The number of hydrogen-bond donors (Lipinski definition) is 0. The minimum atomic E-state index is 0.265. The fraction of sp³-hybridized carbons (Fsp3) is 0.438. The molecule has 0 bridgehead atoms. The molecule has 0 saturated heterocycles. The number of thiazole rings is 1. The minimum Gasteiger partial charge on any atom is -0.339 e. The molecule has 3 aromatic rings. The van der Waals surface area contributed by atoms with Crippen molar-refractivity contribution in [2.75, 3.05) is 0 Å². The van der Waals surface area contributed by atoms with Gasteiger partial charge in [-0.3, -0.25) is 9.97 Å². The van der Waals surface area contributed by atoms with Gasteiger partial charge in [-0.05, 0) is 11.8 Å². The highest BCUT2D eigenvalue weighted by molar-refractivity contribution is 7.13. The highest BCUT2D eigenvalue weighted by Crippen LogP contribution is 2.23. The summed E-state index contributed by atoms with van der Waals surface area (Å²) in [7, 11) is 0. The smallest absolute Gasteiger partial charge is 0.232 e. The predicted octanol–water partition coefficient (Wildman–Crippen LogP) is 3.55. The molecule has 0 unspecified atom stereocenters. The van der Waals surface area contributed by atoms with Gasteiger partial charge in [-0.15, -0.1) is 11.3 Å². The van der Waals surface area contributed by atoms with E-state index in [0.717, 1.165) is 35.1 Å². The molecule has 0 saturated carbocycles. The van der Waals surface area contributed by atoms with E-state index in [9.17, 15) is 0 Å². The Bertz CT molecular complexity index is 760. The highest BCUT2D eigenvalue weighted by atomic mass is 32.1. The van der Waals surface area contributed by atoms with E-state index in [0.29, 0.717) is 12.3 Å². The van der Waals surface area contributed by atoms with Crippen molar-refractivity contribution < 1.29 is 4.52 Å². The summed E-state index contributed by atoms with van der Waals surface area (Å²) in [6, 6.07) is 0. The quantitative estimate of drug-likeness (QED) is 0.712. The van der Waals surface area contributed by atoms with Crippen LogP contribution in [0.3, 0.4) is 0 Å². The first-order valence-corrected chi connectivity index (χ1v) is 8.40. The molecule has 23 heavy (non-hydrogen) atoms. The molecule has 0 N–H and O–H groups in total. The zero-order valence-corrected chi connectivity index (χ0v) is 14.3. The molecule has 0 aliphatic carbocycles. The summed E-state index contributed by atoms with van der Waals surface area (Å²) in [5.41, 5.74) is 1.95. The first kappa shape index (κ1) is 15.7. The first-order chi connectivity index (χ1) is 11.0. The summed E-state index contributed by atoms with van der Waals surface area (Å²) in [6.45, 7) is 6.62. The molecule has 0 fully saturated rings. The average molecular weight is 329 g/mol. The lowest BCUT2D eigenvalue weighted by atomic mass is 9.90. The van der Waals surface area contributed by atoms with E-state index < -0.39 is 0 Å². The Morgan fingerprint density at radius 1 is 1.17 bits per heavy atom. The summed E-state index contributed by atoms with van der Waals surface area (Å²) in [6.07, 6.45) is 7.42. The van der Waals surface area contributed by atoms with Crippen LogP contribution in [0.25, 0.3) is 10.7 Å². The summed E-state index contributed by atoms with van der Waals surface area (Å²) in [5.74, 6) is 1.37. The zero-order valence-electron chi connectivity index (χ0n) is 13.5. The van der Waals surface area contributed by atoms with E-state index in [4.69, 9.17) is 4.52 Å². The topological polar surface area (TPSA) is 77.6 Å². The fourth-order valence-corrected chi connectivity index (χ4v) is 2.80. The maximum atomic E-state index is 5.32. The van der Waals surface area contributed by atoms with Crippen molar-refractivity contribution in [1.29, 1.82) is 0 Å². The van der Waals surface area contributed by atoms with E-state index in [1.54, 1.807) is 18.6 Å². The van der Waals surface area contributed by atoms with Gasteiger partial charge in [-0.1, -0.05) is 25.9 Å². The lowest BCUT2D eigenvalue weighted by Crippen LogP contribution is -2.07. The summed E-state index contributed by atoms with van der Waals surface area (Å²) in [5, 5.41) is 6.88. The van der Waals surface area contributed by atoms with Crippen LogP contribution in [0.2, 0.25) is 0 Å². The van der Waals surface area contributed by atoms with Gasteiger partial charge in [-0.2, -0.15) is 4.98 Å². The highest BCUT2D eigenvalue weighted by Gasteiger charge is 2.14. The third kappa shape index (κ3) is 4.41. The van der Waals surface area contributed by atoms with Crippen LogP contribution >= 0.6 is 11.3 Å². The van der Waals surface area contributed by atoms with Crippen molar-refractivity contribution in [3.8, 4) is 10.7 Å². The Labute approximate surface area is 139 Å². The van der Waals surface area contributed by atoms with Crippen LogP contribution in [0.5, 0.6) is 0 Å². The third-order valence-corrected chi connectivity index (χ3v) is 4.19. The number of hydrogen-bond acceptors (Lipinski definition) is 7. The van der Waals surface area contributed by atoms with Crippen LogP contribution in [-0.4, -0.2) is 25.1 Å².